The first-order chi connectivity index (χ1) is 17.2. The van der Waals surface area contributed by atoms with Crippen LogP contribution >= 0.6 is 0 Å². The molecule has 35 heavy (non-hydrogen) atoms. The minimum Gasteiger partial charge on any atom is -0.378 e. The predicted molar refractivity (Wildman–Crippen MR) is 137 cm³/mol. The number of aryl methyl sites for hydroxylation is 2. The standard InChI is InChI=1S/C32H23NO2/c34-31-23-6-1-2-7-24(23)32(35)29-25(31)15-16-26-28(29)20-9-4-10-21(20)30(33-26)22-14-13-18-12-11-17-5-3-8-19(22)27(17)18/h1-9,13-16,20-21,30,33H,10-12H2/t20-,21+,30-/m1/s1. The first kappa shape index (κ1) is 19.3. The van der Waals surface area contributed by atoms with Crippen LogP contribution in [0.15, 0.2) is 78.9 Å². The Labute approximate surface area is 203 Å². The molecule has 3 atom stereocenters. The molecular formula is C32H23NO2. The van der Waals surface area contributed by atoms with Crippen molar-refractivity contribution in [3.05, 3.63) is 123 Å². The molecule has 0 bridgehead atoms. The Balaban J connectivity index is 1.32. The number of ketones is 2. The van der Waals surface area contributed by atoms with Gasteiger partial charge in [0.15, 0.2) is 11.6 Å². The SMILES string of the molecule is O=C1c2ccccc2C(=O)c2c1ccc1c2[C@@H]2C=CC[C@@H]2[C@H](c2ccc3c4c(cccc24)CC3)N1. The monoisotopic (exact) mass is 453 g/mol. The van der Waals surface area contributed by atoms with E-state index >= 15 is 0 Å². The van der Waals surface area contributed by atoms with Crippen LogP contribution in [0.5, 0.6) is 0 Å². The molecule has 0 aromatic heterocycles. The second-order valence-corrected chi connectivity index (χ2v) is 10.3. The molecule has 0 saturated heterocycles. The van der Waals surface area contributed by atoms with Crippen LogP contribution in [0.1, 0.15) is 72.5 Å². The van der Waals surface area contributed by atoms with Crippen LogP contribution in [0.4, 0.5) is 5.69 Å². The van der Waals surface area contributed by atoms with Crippen molar-refractivity contribution < 1.29 is 9.59 Å². The van der Waals surface area contributed by atoms with E-state index in [4.69, 9.17) is 0 Å². The molecule has 0 amide bonds. The quantitative estimate of drug-likeness (QED) is 0.293. The fourth-order valence-corrected chi connectivity index (χ4v) is 7.13. The number of benzene rings is 4. The van der Waals surface area contributed by atoms with E-state index in [1.807, 2.05) is 24.3 Å². The number of carbonyl (C=O) groups excluding carboxylic acids is 2. The van der Waals surface area contributed by atoms with Crippen molar-refractivity contribution in [3.8, 4) is 0 Å². The number of anilines is 1. The molecule has 1 N–H and O–H groups in total. The number of hydrogen-bond acceptors (Lipinski definition) is 3. The lowest BCUT2D eigenvalue weighted by Gasteiger charge is -2.39. The number of hydrogen-bond donors (Lipinski definition) is 1. The Morgan fingerprint density at radius 3 is 2.40 bits per heavy atom. The van der Waals surface area contributed by atoms with Crippen LogP contribution in [0.25, 0.3) is 10.8 Å². The van der Waals surface area contributed by atoms with Crippen LogP contribution < -0.4 is 5.32 Å². The highest BCUT2D eigenvalue weighted by atomic mass is 16.1. The molecule has 0 fully saturated rings. The number of carbonyl (C=O) groups is 2. The predicted octanol–water partition coefficient (Wildman–Crippen LogP) is 6.54. The minimum absolute atomic E-state index is 0.0308. The van der Waals surface area contributed by atoms with Crippen molar-refractivity contribution in [3.63, 3.8) is 0 Å². The van der Waals surface area contributed by atoms with Gasteiger partial charge in [-0.15, -0.1) is 0 Å². The smallest absolute Gasteiger partial charge is 0.194 e. The van der Waals surface area contributed by atoms with Crippen LogP contribution in [-0.4, -0.2) is 11.6 Å². The van der Waals surface area contributed by atoms with E-state index in [1.165, 1.54) is 27.5 Å². The van der Waals surface area contributed by atoms with E-state index in [0.717, 1.165) is 30.5 Å². The van der Waals surface area contributed by atoms with Gasteiger partial charge >= 0.3 is 0 Å². The maximum Gasteiger partial charge on any atom is 0.194 e. The van der Waals surface area contributed by atoms with Gasteiger partial charge < -0.3 is 5.32 Å². The Morgan fingerprint density at radius 1 is 0.743 bits per heavy atom. The first-order valence-corrected chi connectivity index (χ1v) is 12.5. The molecular weight excluding hydrogens is 430 g/mol. The number of nitrogens with one attached hydrogen (secondary N) is 1. The Bertz CT molecular complexity index is 1650. The van der Waals surface area contributed by atoms with Gasteiger partial charge in [-0.2, -0.15) is 0 Å². The number of rotatable bonds is 1. The Kier molecular flexibility index (Phi) is 3.75. The number of fused-ring (bicyclic) bond motifs is 6. The summed E-state index contributed by atoms with van der Waals surface area (Å²) in [4.78, 5) is 27.1. The molecule has 3 nitrogen and oxygen atoms in total. The highest BCUT2D eigenvalue weighted by Gasteiger charge is 2.43. The summed E-state index contributed by atoms with van der Waals surface area (Å²) >= 11 is 0. The van der Waals surface area contributed by atoms with Gasteiger partial charge in [0.2, 0.25) is 0 Å². The second kappa shape index (κ2) is 6.79. The maximum absolute atomic E-state index is 13.7. The summed E-state index contributed by atoms with van der Waals surface area (Å²) in [5, 5.41) is 6.62. The summed E-state index contributed by atoms with van der Waals surface area (Å²) in [6.07, 6.45) is 7.70. The molecule has 0 spiro atoms. The van der Waals surface area contributed by atoms with Crippen molar-refractivity contribution in [2.75, 3.05) is 5.32 Å². The van der Waals surface area contributed by atoms with Gasteiger partial charge in [0.1, 0.15) is 0 Å². The summed E-state index contributed by atoms with van der Waals surface area (Å²) in [5.41, 5.74) is 8.38. The molecule has 0 saturated carbocycles. The Morgan fingerprint density at radius 2 is 1.54 bits per heavy atom. The molecule has 3 heteroatoms. The van der Waals surface area contributed by atoms with E-state index in [1.54, 1.807) is 12.1 Å². The van der Waals surface area contributed by atoms with E-state index in [2.05, 4.69) is 47.8 Å². The van der Waals surface area contributed by atoms with E-state index < -0.39 is 0 Å². The van der Waals surface area contributed by atoms with Crippen LogP contribution in [0.3, 0.4) is 0 Å². The number of allylic oxidation sites excluding steroid dienone is 2. The Hall–Kier alpha value is -3.98. The van der Waals surface area contributed by atoms with Crippen LogP contribution in [0, 0.1) is 5.92 Å². The van der Waals surface area contributed by atoms with Crippen LogP contribution in [-0.2, 0) is 12.8 Å². The molecule has 0 unspecified atom stereocenters. The third kappa shape index (κ3) is 2.45. The van der Waals surface area contributed by atoms with E-state index in [-0.39, 0.29) is 23.5 Å². The lowest BCUT2D eigenvalue weighted by Crippen LogP contribution is -2.32. The van der Waals surface area contributed by atoms with Gasteiger partial charge in [0.05, 0.1) is 6.04 Å². The van der Waals surface area contributed by atoms with Crippen molar-refractivity contribution in [1.82, 2.24) is 0 Å². The molecule has 1 heterocycles. The molecule has 8 rings (SSSR count). The lowest BCUT2D eigenvalue weighted by molar-refractivity contribution is 0.0978. The van der Waals surface area contributed by atoms with Crippen molar-refractivity contribution in [2.24, 2.45) is 5.92 Å². The zero-order chi connectivity index (χ0) is 23.3. The van der Waals surface area contributed by atoms with E-state index in [0.29, 0.717) is 28.2 Å². The fourth-order valence-electron chi connectivity index (χ4n) is 7.13. The van der Waals surface area contributed by atoms with Gasteiger partial charge in [0, 0.05) is 33.9 Å². The second-order valence-electron chi connectivity index (χ2n) is 10.3. The van der Waals surface area contributed by atoms with E-state index in [9.17, 15) is 9.59 Å². The topological polar surface area (TPSA) is 46.2 Å². The molecule has 4 aliphatic rings. The maximum atomic E-state index is 13.7. The van der Waals surface area contributed by atoms with Gasteiger partial charge in [-0.05, 0) is 70.3 Å². The summed E-state index contributed by atoms with van der Waals surface area (Å²) in [6, 6.07) is 22.6. The highest BCUT2D eigenvalue weighted by Crippen LogP contribution is 2.53. The highest BCUT2D eigenvalue weighted by molar-refractivity contribution is 6.29. The van der Waals surface area contributed by atoms with Gasteiger partial charge in [-0.3, -0.25) is 9.59 Å². The largest absolute Gasteiger partial charge is 0.378 e. The van der Waals surface area contributed by atoms with Gasteiger partial charge in [0.25, 0.3) is 0 Å². The third-order valence-corrected chi connectivity index (χ3v) is 8.66. The van der Waals surface area contributed by atoms with Crippen molar-refractivity contribution in [1.29, 1.82) is 0 Å². The first-order valence-electron chi connectivity index (χ1n) is 12.5. The summed E-state index contributed by atoms with van der Waals surface area (Å²) in [7, 11) is 0. The fraction of sp³-hybridized carbons (Fsp3) is 0.188. The average Bonchev–Trinajstić information content (AvgIpc) is 3.55. The average molecular weight is 454 g/mol. The molecule has 4 aromatic rings. The minimum atomic E-state index is -0.0499. The molecule has 4 aromatic carbocycles. The lowest BCUT2D eigenvalue weighted by atomic mass is 9.71. The van der Waals surface area contributed by atoms with Crippen LogP contribution in [0.2, 0.25) is 0 Å². The van der Waals surface area contributed by atoms with Crippen molar-refractivity contribution in [2.45, 2.75) is 31.2 Å². The zero-order valence-corrected chi connectivity index (χ0v) is 19.2. The summed E-state index contributed by atoms with van der Waals surface area (Å²) in [6.45, 7) is 0. The molecule has 0 radical (unpaired) electrons. The summed E-state index contributed by atoms with van der Waals surface area (Å²) in [5.74, 6) is 0.326. The third-order valence-electron chi connectivity index (χ3n) is 8.66. The van der Waals surface area contributed by atoms with Gasteiger partial charge in [-0.1, -0.05) is 66.7 Å². The van der Waals surface area contributed by atoms with Gasteiger partial charge in [-0.25, -0.2) is 0 Å². The zero-order valence-electron chi connectivity index (χ0n) is 19.2. The molecule has 1 aliphatic heterocycles. The molecule has 168 valence electrons. The normalized spacial score (nSPS) is 23.0. The summed E-state index contributed by atoms with van der Waals surface area (Å²) < 4.78 is 0. The molecule has 3 aliphatic carbocycles. The van der Waals surface area contributed by atoms with Crippen molar-refractivity contribution >= 4 is 28.0 Å².